The van der Waals surface area contributed by atoms with Crippen LogP contribution in [0.25, 0.3) is 11.0 Å². The van der Waals surface area contributed by atoms with Gasteiger partial charge < -0.3 is 5.32 Å². The lowest BCUT2D eigenvalue weighted by Crippen LogP contribution is -2.27. The number of aromatic nitrogens is 3. The van der Waals surface area contributed by atoms with Crippen LogP contribution >= 0.6 is 22.6 Å². The first-order valence-electron chi connectivity index (χ1n) is 7.73. The van der Waals surface area contributed by atoms with Crippen molar-refractivity contribution < 1.29 is 8.42 Å². The molecule has 0 radical (unpaired) electrons. The van der Waals surface area contributed by atoms with Crippen LogP contribution in [0.5, 0.6) is 0 Å². The van der Waals surface area contributed by atoms with E-state index in [-0.39, 0.29) is 10.4 Å². The summed E-state index contributed by atoms with van der Waals surface area (Å²) < 4.78 is 27.7. The molecule has 3 rings (SSSR count). The van der Waals surface area contributed by atoms with Crippen molar-refractivity contribution >= 4 is 49.5 Å². The summed E-state index contributed by atoms with van der Waals surface area (Å²) in [7, 11) is -3.72. The van der Waals surface area contributed by atoms with E-state index in [0.29, 0.717) is 20.7 Å². The lowest BCUT2D eigenvalue weighted by atomic mass is 10.1. The molecular formula is C17H19IN4O2S. The summed E-state index contributed by atoms with van der Waals surface area (Å²) in [6, 6.07) is 8.51. The summed E-state index contributed by atoms with van der Waals surface area (Å²) in [6.45, 7) is 7.98. The molecule has 0 aliphatic rings. The lowest BCUT2D eigenvalue weighted by molar-refractivity contribution is 0.588. The van der Waals surface area contributed by atoms with Crippen LogP contribution in [-0.4, -0.2) is 27.9 Å². The fraction of sp³-hybridized carbons (Fsp3) is 0.294. The Bertz CT molecular complexity index is 1030. The fourth-order valence-electron chi connectivity index (χ4n) is 2.43. The highest BCUT2D eigenvalue weighted by Crippen LogP contribution is 2.27. The maximum Gasteiger partial charge on any atom is 0.269 e. The van der Waals surface area contributed by atoms with E-state index < -0.39 is 10.0 Å². The van der Waals surface area contributed by atoms with Gasteiger partial charge in [0.05, 0.1) is 10.3 Å². The Morgan fingerprint density at radius 2 is 1.72 bits per heavy atom. The molecule has 0 amide bonds. The van der Waals surface area contributed by atoms with E-state index in [2.05, 4.69) is 15.3 Å². The van der Waals surface area contributed by atoms with Crippen LogP contribution in [0.2, 0.25) is 0 Å². The topological polar surface area (TPSA) is 76.9 Å². The van der Waals surface area contributed by atoms with Gasteiger partial charge in [-0.05, 0) is 45.9 Å². The molecule has 132 valence electrons. The SMILES string of the molecule is Cc1ccc(S(=O)(=O)n2ccc3c(NC(C)(C)C)nc(I)nc32)cc1. The van der Waals surface area contributed by atoms with Crippen molar-refractivity contribution in [2.45, 2.75) is 38.1 Å². The quantitative estimate of drug-likeness (QED) is 0.466. The van der Waals surface area contributed by atoms with Gasteiger partial charge in [0.25, 0.3) is 10.0 Å². The molecule has 1 N–H and O–H groups in total. The van der Waals surface area contributed by atoms with Gasteiger partial charge in [-0.2, -0.15) is 0 Å². The third kappa shape index (κ3) is 3.64. The molecule has 0 fully saturated rings. The minimum absolute atomic E-state index is 0.206. The predicted octanol–water partition coefficient (Wildman–Crippen LogP) is 3.79. The summed E-state index contributed by atoms with van der Waals surface area (Å²) in [6.07, 6.45) is 1.53. The molecular weight excluding hydrogens is 451 g/mol. The zero-order chi connectivity index (χ0) is 18.4. The molecule has 8 heteroatoms. The monoisotopic (exact) mass is 470 g/mol. The largest absolute Gasteiger partial charge is 0.365 e. The van der Waals surface area contributed by atoms with Crippen molar-refractivity contribution in [2.24, 2.45) is 0 Å². The Balaban J connectivity index is 2.20. The van der Waals surface area contributed by atoms with Crippen LogP contribution in [0, 0.1) is 10.8 Å². The van der Waals surface area contributed by atoms with Crippen molar-refractivity contribution in [3.8, 4) is 0 Å². The molecule has 0 atom stereocenters. The van der Waals surface area contributed by atoms with Gasteiger partial charge in [-0.1, -0.05) is 17.7 Å². The number of nitrogens with one attached hydrogen (secondary N) is 1. The maximum absolute atomic E-state index is 13.0. The summed E-state index contributed by atoms with van der Waals surface area (Å²) in [5.41, 5.74) is 1.17. The van der Waals surface area contributed by atoms with Gasteiger partial charge in [-0.25, -0.2) is 22.4 Å². The number of benzene rings is 1. The standard InChI is InChI=1S/C17H19IN4O2S/c1-11-5-7-12(8-6-11)25(23,24)22-10-9-13-14(21-17(2,3)4)19-16(18)20-15(13)22/h5-10H,1-4H3,(H,19,20,21). The third-order valence-electron chi connectivity index (χ3n) is 3.55. The van der Waals surface area contributed by atoms with Gasteiger partial charge in [0.15, 0.2) is 9.48 Å². The van der Waals surface area contributed by atoms with Crippen LogP contribution in [0.1, 0.15) is 26.3 Å². The first-order valence-corrected chi connectivity index (χ1v) is 10.2. The lowest BCUT2D eigenvalue weighted by Gasteiger charge is -2.21. The van der Waals surface area contributed by atoms with Crippen LogP contribution in [-0.2, 0) is 10.0 Å². The Morgan fingerprint density at radius 1 is 1.08 bits per heavy atom. The number of rotatable bonds is 3. The Morgan fingerprint density at radius 3 is 2.32 bits per heavy atom. The smallest absolute Gasteiger partial charge is 0.269 e. The number of anilines is 1. The van der Waals surface area contributed by atoms with Crippen LogP contribution < -0.4 is 5.32 Å². The molecule has 0 saturated carbocycles. The molecule has 0 unspecified atom stereocenters. The van der Waals surface area contributed by atoms with Gasteiger partial charge in [-0.3, -0.25) is 0 Å². The molecule has 0 aliphatic carbocycles. The Labute approximate surface area is 160 Å². The van der Waals surface area contributed by atoms with E-state index in [1.165, 1.54) is 10.2 Å². The molecule has 6 nitrogen and oxygen atoms in total. The van der Waals surface area contributed by atoms with E-state index in [1.54, 1.807) is 30.3 Å². The minimum atomic E-state index is -3.72. The number of hydrogen-bond donors (Lipinski definition) is 1. The summed E-state index contributed by atoms with van der Waals surface area (Å²) in [5, 5.41) is 3.99. The molecule has 25 heavy (non-hydrogen) atoms. The number of aryl methyl sites for hydroxylation is 1. The number of hydrogen-bond acceptors (Lipinski definition) is 5. The van der Waals surface area contributed by atoms with Crippen LogP contribution in [0.3, 0.4) is 0 Å². The van der Waals surface area contributed by atoms with E-state index in [0.717, 1.165) is 5.56 Å². The second-order valence-corrected chi connectivity index (χ2v) is 9.66. The van der Waals surface area contributed by atoms with Gasteiger partial charge in [0.2, 0.25) is 0 Å². The first-order chi connectivity index (χ1) is 11.6. The fourth-order valence-corrected chi connectivity index (χ4v) is 4.20. The highest BCUT2D eigenvalue weighted by molar-refractivity contribution is 14.1. The summed E-state index contributed by atoms with van der Waals surface area (Å²) in [4.78, 5) is 9.01. The van der Waals surface area contributed by atoms with Crippen molar-refractivity contribution in [3.05, 3.63) is 45.9 Å². The Hall–Kier alpha value is -1.68. The zero-order valence-electron chi connectivity index (χ0n) is 14.4. The van der Waals surface area contributed by atoms with E-state index in [1.807, 2.05) is 50.3 Å². The summed E-state index contributed by atoms with van der Waals surface area (Å²) >= 11 is 2.00. The van der Waals surface area contributed by atoms with Gasteiger partial charge in [0.1, 0.15) is 5.82 Å². The first kappa shape index (κ1) is 18.1. The molecule has 0 spiro atoms. The predicted molar refractivity (Wildman–Crippen MR) is 107 cm³/mol. The van der Waals surface area contributed by atoms with Crippen LogP contribution in [0.4, 0.5) is 5.82 Å². The number of halogens is 1. The van der Waals surface area contributed by atoms with Crippen molar-refractivity contribution in [1.29, 1.82) is 0 Å². The summed E-state index contributed by atoms with van der Waals surface area (Å²) in [5.74, 6) is 0.625. The molecule has 0 saturated heterocycles. The third-order valence-corrected chi connectivity index (χ3v) is 5.72. The van der Waals surface area contributed by atoms with Crippen molar-refractivity contribution in [1.82, 2.24) is 13.9 Å². The van der Waals surface area contributed by atoms with Crippen molar-refractivity contribution in [3.63, 3.8) is 0 Å². The normalized spacial score (nSPS) is 12.5. The van der Waals surface area contributed by atoms with Crippen LogP contribution in [0.15, 0.2) is 41.4 Å². The average Bonchev–Trinajstić information content (AvgIpc) is 2.90. The zero-order valence-corrected chi connectivity index (χ0v) is 17.4. The maximum atomic E-state index is 13.0. The minimum Gasteiger partial charge on any atom is -0.365 e. The average molecular weight is 470 g/mol. The Kier molecular flexibility index (Phi) is 4.52. The highest BCUT2D eigenvalue weighted by atomic mass is 127. The number of nitrogens with zero attached hydrogens (tertiary/aromatic N) is 3. The van der Waals surface area contributed by atoms with E-state index in [9.17, 15) is 8.42 Å². The van der Waals surface area contributed by atoms with Gasteiger partial charge in [0, 0.05) is 34.3 Å². The molecule has 2 aromatic heterocycles. The van der Waals surface area contributed by atoms with Crippen molar-refractivity contribution in [2.75, 3.05) is 5.32 Å². The molecule has 3 aromatic rings. The molecule has 1 aromatic carbocycles. The highest BCUT2D eigenvalue weighted by Gasteiger charge is 2.23. The molecule has 0 bridgehead atoms. The van der Waals surface area contributed by atoms with E-state index >= 15 is 0 Å². The molecule has 0 aliphatic heterocycles. The van der Waals surface area contributed by atoms with Gasteiger partial charge in [-0.15, -0.1) is 0 Å². The second kappa shape index (κ2) is 6.24. The van der Waals surface area contributed by atoms with Gasteiger partial charge >= 0.3 is 0 Å². The second-order valence-electron chi connectivity index (χ2n) is 6.88. The molecule has 2 heterocycles. The van der Waals surface area contributed by atoms with E-state index in [4.69, 9.17) is 0 Å². The number of fused-ring (bicyclic) bond motifs is 1.